The van der Waals surface area contributed by atoms with E-state index in [1.54, 1.807) is 18.3 Å². The number of carbonyl (C=O) groups is 1. The molecular formula is C21H23FN4O3. The van der Waals surface area contributed by atoms with Gasteiger partial charge in [0.25, 0.3) is 5.56 Å². The maximum atomic E-state index is 13.2. The fourth-order valence-electron chi connectivity index (χ4n) is 3.96. The first-order chi connectivity index (χ1) is 14.0. The molecule has 1 amide bonds. The van der Waals surface area contributed by atoms with Gasteiger partial charge in [0.15, 0.2) is 0 Å². The van der Waals surface area contributed by atoms with E-state index >= 15 is 0 Å². The molecule has 4 rings (SSSR count). The molecule has 1 aliphatic rings. The zero-order valence-corrected chi connectivity index (χ0v) is 16.0. The minimum atomic E-state index is -0.651. The first-order valence-electron chi connectivity index (χ1n) is 9.92. The van der Waals surface area contributed by atoms with Gasteiger partial charge in [-0.1, -0.05) is 37.8 Å². The van der Waals surface area contributed by atoms with Crippen molar-refractivity contribution in [2.75, 3.05) is 0 Å². The summed E-state index contributed by atoms with van der Waals surface area (Å²) in [6.07, 6.45) is 7.93. The van der Waals surface area contributed by atoms with Crippen molar-refractivity contribution in [3.05, 3.63) is 57.1 Å². The van der Waals surface area contributed by atoms with Gasteiger partial charge in [0.1, 0.15) is 17.9 Å². The first-order valence-corrected chi connectivity index (χ1v) is 9.92. The third kappa shape index (κ3) is 4.01. The fraction of sp³-hybridized carbons (Fsp3) is 0.381. The zero-order valence-electron chi connectivity index (χ0n) is 16.0. The molecule has 152 valence electrons. The summed E-state index contributed by atoms with van der Waals surface area (Å²) in [5.41, 5.74) is 0.577. The Morgan fingerprint density at radius 3 is 2.45 bits per heavy atom. The van der Waals surface area contributed by atoms with Gasteiger partial charge in [0.2, 0.25) is 5.91 Å². The Hall–Kier alpha value is -3.16. The molecule has 3 aromatic rings. The SMILES string of the molecule is O=C(Cn1c(=O)[nH]c2c(-c3ccc(F)cc3)c[nH]c2c1=O)NC1CCCCCC1. The summed E-state index contributed by atoms with van der Waals surface area (Å²) in [7, 11) is 0. The molecule has 0 unspecified atom stereocenters. The van der Waals surface area contributed by atoms with Crippen LogP contribution in [0.15, 0.2) is 40.1 Å². The molecule has 0 atom stereocenters. The summed E-state index contributed by atoms with van der Waals surface area (Å²) in [5, 5.41) is 2.95. The second-order valence-electron chi connectivity index (χ2n) is 7.54. The highest BCUT2D eigenvalue weighted by Gasteiger charge is 2.18. The number of aromatic amines is 2. The number of carbonyl (C=O) groups excluding carboxylic acids is 1. The molecule has 0 radical (unpaired) electrons. The lowest BCUT2D eigenvalue weighted by atomic mass is 10.1. The number of halogens is 1. The molecule has 1 saturated carbocycles. The van der Waals surface area contributed by atoms with Crippen LogP contribution in [-0.2, 0) is 11.3 Å². The van der Waals surface area contributed by atoms with Gasteiger partial charge < -0.3 is 15.3 Å². The van der Waals surface area contributed by atoms with E-state index in [4.69, 9.17) is 0 Å². The molecule has 1 fully saturated rings. The largest absolute Gasteiger partial charge is 0.355 e. The van der Waals surface area contributed by atoms with Crippen LogP contribution < -0.4 is 16.6 Å². The number of aromatic nitrogens is 3. The summed E-state index contributed by atoms with van der Waals surface area (Å²) in [6, 6.07) is 5.86. The van der Waals surface area contributed by atoms with E-state index in [9.17, 15) is 18.8 Å². The van der Waals surface area contributed by atoms with Crippen molar-refractivity contribution in [3.8, 4) is 11.1 Å². The normalized spacial score (nSPS) is 15.3. The van der Waals surface area contributed by atoms with Crippen molar-refractivity contribution in [1.29, 1.82) is 0 Å². The quantitative estimate of drug-likeness (QED) is 0.589. The lowest BCUT2D eigenvalue weighted by molar-refractivity contribution is -0.122. The van der Waals surface area contributed by atoms with Crippen LogP contribution >= 0.6 is 0 Å². The lowest BCUT2D eigenvalue weighted by Gasteiger charge is -2.16. The molecule has 2 aromatic heterocycles. The van der Waals surface area contributed by atoms with Gasteiger partial charge in [-0.25, -0.2) is 13.8 Å². The second kappa shape index (κ2) is 8.06. The van der Waals surface area contributed by atoms with Gasteiger partial charge in [-0.15, -0.1) is 0 Å². The van der Waals surface area contributed by atoms with Crippen LogP contribution in [0.25, 0.3) is 22.2 Å². The van der Waals surface area contributed by atoms with Gasteiger partial charge in [0.05, 0.1) is 5.52 Å². The van der Waals surface area contributed by atoms with Crippen molar-refractivity contribution < 1.29 is 9.18 Å². The number of rotatable bonds is 4. The van der Waals surface area contributed by atoms with Crippen molar-refractivity contribution in [3.63, 3.8) is 0 Å². The highest BCUT2D eigenvalue weighted by atomic mass is 19.1. The maximum Gasteiger partial charge on any atom is 0.329 e. The van der Waals surface area contributed by atoms with Gasteiger partial charge in [-0.3, -0.25) is 9.59 Å². The maximum absolute atomic E-state index is 13.2. The van der Waals surface area contributed by atoms with Crippen molar-refractivity contribution in [2.45, 2.75) is 51.1 Å². The predicted octanol–water partition coefficient (Wildman–Crippen LogP) is 2.66. The third-order valence-corrected chi connectivity index (χ3v) is 5.49. The van der Waals surface area contributed by atoms with Crippen molar-refractivity contribution in [2.24, 2.45) is 0 Å². The van der Waals surface area contributed by atoms with Crippen molar-refractivity contribution in [1.82, 2.24) is 19.9 Å². The minimum absolute atomic E-state index is 0.0964. The Bertz CT molecular complexity index is 1140. The molecule has 1 aliphatic carbocycles. The molecule has 7 nitrogen and oxygen atoms in total. The van der Waals surface area contributed by atoms with Crippen molar-refractivity contribution >= 4 is 16.9 Å². The minimum Gasteiger partial charge on any atom is -0.355 e. The molecule has 29 heavy (non-hydrogen) atoms. The number of fused-ring (bicyclic) bond motifs is 1. The Balaban J connectivity index is 1.61. The molecule has 2 heterocycles. The van der Waals surface area contributed by atoms with Crippen LogP contribution in [0.3, 0.4) is 0 Å². The van der Waals surface area contributed by atoms with Crippen LogP contribution in [0.1, 0.15) is 38.5 Å². The van der Waals surface area contributed by atoms with Crippen LogP contribution in [-0.4, -0.2) is 26.5 Å². The average molecular weight is 398 g/mol. The summed E-state index contributed by atoms with van der Waals surface area (Å²) >= 11 is 0. The van der Waals surface area contributed by atoms with Crippen LogP contribution in [0.2, 0.25) is 0 Å². The molecule has 0 bridgehead atoms. The molecular weight excluding hydrogens is 375 g/mol. The van der Waals surface area contributed by atoms with Crippen LogP contribution in [0.4, 0.5) is 4.39 Å². The number of hydrogen-bond donors (Lipinski definition) is 3. The average Bonchev–Trinajstić information content (AvgIpc) is 2.94. The Kier molecular flexibility index (Phi) is 5.33. The summed E-state index contributed by atoms with van der Waals surface area (Å²) < 4.78 is 14.1. The summed E-state index contributed by atoms with van der Waals surface area (Å²) in [5.74, 6) is -0.710. The van der Waals surface area contributed by atoms with E-state index in [-0.39, 0.29) is 29.8 Å². The highest BCUT2D eigenvalue weighted by Crippen LogP contribution is 2.25. The predicted molar refractivity (Wildman–Crippen MR) is 108 cm³/mol. The second-order valence-corrected chi connectivity index (χ2v) is 7.54. The number of hydrogen-bond acceptors (Lipinski definition) is 3. The van der Waals surface area contributed by atoms with Crippen LogP contribution in [0.5, 0.6) is 0 Å². The monoisotopic (exact) mass is 398 g/mol. The number of benzene rings is 1. The Labute approximate surface area is 166 Å². The van der Waals surface area contributed by atoms with Gasteiger partial charge in [0, 0.05) is 17.8 Å². The van der Waals surface area contributed by atoms with E-state index in [1.807, 2.05) is 0 Å². The number of amides is 1. The topological polar surface area (TPSA) is 99.8 Å². The van der Waals surface area contributed by atoms with E-state index in [0.717, 1.165) is 30.3 Å². The number of H-pyrrole nitrogens is 2. The number of nitrogens with one attached hydrogen (secondary N) is 3. The lowest BCUT2D eigenvalue weighted by Crippen LogP contribution is -2.43. The molecule has 3 N–H and O–H groups in total. The smallest absolute Gasteiger partial charge is 0.329 e. The van der Waals surface area contributed by atoms with Gasteiger partial charge in [-0.05, 0) is 30.5 Å². The third-order valence-electron chi connectivity index (χ3n) is 5.49. The molecule has 1 aromatic carbocycles. The van der Waals surface area contributed by atoms with Gasteiger partial charge >= 0.3 is 5.69 Å². The van der Waals surface area contributed by atoms with E-state index < -0.39 is 11.2 Å². The molecule has 0 saturated heterocycles. The van der Waals surface area contributed by atoms with E-state index in [1.165, 1.54) is 25.0 Å². The molecule has 8 heteroatoms. The zero-order chi connectivity index (χ0) is 20.4. The molecule has 0 spiro atoms. The molecule has 0 aliphatic heterocycles. The summed E-state index contributed by atoms with van der Waals surface area (Å²) in [4.78, 5) is 43.3. The Morgan fingerprint density at radius 1 is 1.07 bits per heavy atom. The summed E-state index contributed by atoms with van der Waals surface area (Å²) in [6.45, 7) is -0.328. The fourth-order valence-corrected chi connectivity index (χ4v) is 3.96. The first kappa shape index (κ1) is 19.2. The highest BCUT2D eigenvalue weighted by molar-refractivity contribution is 5.91. The number of nitrogens with zero attached hydrogens (tertiary/aromatic N) is 1. The van der Waals surface area contributed by atoms with E-state index in [0.29, 0.717) is 16.6 Å². The Morgan fingerprint density at radius 2 is 1.76 bits per heavy atom. The standard InChI is InChI=1S/C21H23FN4O3/c22-14-9-7-13(8-10-14)16-11-23-19-18(16)25-21(29)26(20(19)28)12-17(27)24-15-5-3-1-2-4-6-15/h7-11,15,23H,1-6,12H2,(H,24,27)(H,25,29). The van der Waals surface area contributed by atoms with E-state index in [2.05, 4.69) is 15.3 Å². The van der Waals surface area contributed by atoms with Crippen LogP contribution in [0, 0.1) is 5.82 Å². The van der Waals surface area contributed by atoms with Gasteiger partial charge in [-0.2, -0.15) is 0 Å².